The number of fused-ring (bicyclic) bond motifs is 1. The molecule has 2 heterocycles. The molecule has 25 heavy (non-hydrogen) atoms. The van der Waals surface area contributed by atoms with Crippen LogP contribution in [0.4, 0.5) is 0 Å². The zero-order valence-electron chi connectivity index (χ0n) is 14.4. The van der Waals surface area contributed by atoms with E-state index in [2.05, 4.69) is 5.32 Å². The average molecular weight is 342 g/mol. The molecule has 1 aromatic heterocycles. The van der Waals surface area contributed by atoms with Crippen LogP contribution < -0.4 is 15.5 Å². The Morgan fingerprint density at radius 1 is 1.16 bits per heavy atom. The number of pyridine rings is 1. The first-order valence-corrected chi connectivity index (χ1v) is 8.42. The first-order chi connectivity index (χ1) is 12.1. The number of rotatable bonds is 6. The molecule has 0 radical (unpaired) electrons. The van der Waals surface area contributed by atoms with Gasteiger partial charge in [-0.05, 0) is 19.4 Å². The fourth-order valence-electron chi connectivity index (χ4n) is 2.94. The van der Waals surface area contributed by atoms with Crippen molar-refractivity contribution in [2.45, 2.75) is 32.5 Å². The number of carbonyl (C=O) groups excluding carboxylic acids is 1. The number of nitrogens with zero attached hydrogens (tertiary/aromatic N) is 1. The smallest absolute Gasteiger partial charge is 0.272 e. The van der Waals surface area contributed by atoms with E-state index in [1.165, 1.54) is 6.07 Å². The average Bonchev–Trinajstić information content (AvgIpc) is 2.63. The van der Waals surface area contributed by atoms with Gasteiger partial charge >= 0.3 is 0 Å². The van der Waals surface area contributed by atoms with E-state index in [4.69, 9.17) is 9.47 Å². The van der Waals surface area contributed by atoms with Gasteiger partial charge < -0.3 is 19.4 Å². The van der Waals surface area contributed by atoms with Gasteiger partial charge in [0.25, 0.3) is 5.91 Å². The second kappa shape index (κ2) is 7.53. The first kappa shape index (κ1) is 17.2. The number of hydrogen-bond donors (Lipinski definition) is 1. The van der Waals surface area contributed by atoms with Crippen molar-refractivity contribution < 1.29 is 14.3 Å². The highest BCUT2D eigenvalue weighted by Gasteiger charge is 2.33. The zero-order valence-corrected chi connectivity index (χ0v) is 14.4. The molecule has 3 rings (SSSR count). The van der Waals surface area contributed by atoms with Crippen LogP contribution in [0.15, 0.2) is 47.4 Å². The topological polar surface area (TPSA) is 69.6 Å². The maximum absolute atomic E-state index is 12.6. The molecule has 1 aliphatic rings. The Bertz CT molecular complexity index is 801. The molecular formula is C19H22N2O4. The number of benzene rings is 1. The Balaban J connectivity index is 1.90. The number of nitrogens with one attached hydrogen (secondary N) is 1. The van der Waals surface area contributed by atoms with Gasteiger partial charge in [-0.25, -0.2) is 0 Å². The highest BCUT2D eigenvalue weighted by Crippen LogP contribution is 2.25. The van der Waals surface area contributed by atoms with E-state index in [0.717, 1.165) is 5.56 Å². The first-order valence-electron chi connectivity index (χ1n) is 8.42. The maximum Gasteiger partial charge on any atom is 0.272 e. The van der Waals surface area contributed by atoms with Gasteiger partial charge in [-0.15, -0.1) is 0 Å². The summed E-state index contributed by atoms with van der Waals surface area (Å²) in [6.45, 7) is 5.14. The van der Waals surface area contributed by atoms with E-state index in [1.54, 1.807) is 10.8 Å². The Hall–Kier alpha value is -2.60. The molecule has 1 aliphatic heterocycles. The number of carbonyl (C=O) groups is 1. The van der Waals surface area contributed by atoms with Crippen LogP contribution in [0.3, 0.4) is 0 Å². The van der Waals surface area contributed by atoms with Gasteiger partial charge in [-0.3, -0.25) is 9.59 Å². The highest BCUT2D eigenvalue weighted by atomic mass is 16.5. The molecule has 0 saturated carbocycles. The molecule has 0 spiro atoms. The zero-order chi connectivity index (χ0) is 17.8. The van der Waals surface area contributed by atoms with E-state index < -0.39 is 0 Å². The van der Waals surface area contributed by atoms with E-state index >= 15 is 0 Å². The normalized spacial score (nSPS) is 19.2. The lowest BCUT2D eigenvalue weighted by Gasteiger charge is -2.34. The minimum atomic E-state index is -0.316. The summed E-state index contributed by atoms with van der Waals surface area (Å²) >= 11 is 0. The second-order valence-corrected chi connectivity index (χ2v) is 6.02. The molecule has 1 aromatic carbocycles. The van der Waals surface area contributed by atoms with Crippen LogP contribution in [-0.2, 0) is 11.3 Å². The van der Waals surface area contributed by atoms with Crippen molar-refractivity contribution in [1.82, 2.24) is 9.88 Å². The van der Waals surface area contributed by atoms with Crippen LogP contribution in [0.5, 0.6) is 5.75 Å². The lowest BCUT2D eigenvalue weighted by molar-refractivity contribution is 0.0719. The third kappa shape index (κ3) is 3.58. The number of aromatic nitrogens is 1. The Morgan fingerprint density at radius 2 is 1.92 bits per heavy atom. The minimum Gasteiger partial charge on any atom is -0.483 e. The van der Waals surface area contributed by atoms with E-state index in [1.807, 2.05) is 44.2 Å². The van der Waals surface area contributed by atoms with Crippen molar-refractivity contribution in [1.29, 1.82) is 0 Å². The standard InChI is InChI=1S/C19H22N2O4/c1-3-24-12-15-13(2)21-10-9-16(22)18(17(21)19(23)20-15)25-11-14-7-5-4-6-8-14/h4-10,13,15H,3,11-12H2,1-2H3,(H,20,23)/t13-,15-/m1/s1. The van der Waals surface area contributed by atoms with Crippen LogP contribution in [-0.4, -0.2) is 29.7 Å². The largest absolute Gasteiger partial charge is 0.483 e. The van der Waals surface area contributed by atoms with Crippen molar-refractivity contribution in [3.63, 3.8) is 0 Å². The lowest BCUT2D eigenvalue weighted by atomic mass is 10.1. The van der Waals surface area contributed by atoms with Crippen molar-refractivity contribution >= 4 is 5.91 Å². The summed E-state index contributed by atoms with van der Waals surface area (Å²) in [6.07, 6.45) is 1.65. The summed E-state index contributed by atoms with van der Waals surface area (Å²) in [6, 6.07) is 10.8. The third-order valence-corrected chi connectivity index (χ3v) is 4.36. The summed E-state index contributed by atoms with van der Waals surface area (Å²) in [5, 5.41) is 2.92. The predicted molar refractivity (Wildman–Crippen MR) is 93.9 cm³/mol. The fraction of sp³-hybridized carbons (Fsp3) is 0.368. The van der Waals surface area contributed by atoms with Gasteiger partial charge in [-0.2, -0.15) is 0 Å². The van der Waals surface area contributed by atoms with Crippen molar-refractivity contribution in [3.05, 3.63) is 64.1 Å². The van der Waals surface area contributed by atoms with Crippen molar-refractivity contribution in [2.24, 2.45) is 0 Å². The second-order valence-electron chi connectivity index (χ2n) is 6.02. The van der Waals surface area contributed by atoms with Crippen LogP contribution in [0, 0.1) is 0 Å². The molecule has 0 aliphatic carbocycles. The summed E-state index contributed by atoms with van der Waals surface area (Å²) < 4.78 is 13.0. The quantitative estimate of drug-likeness (QED) is 0.873. The maximum atomic E-state index is 12.6. The fourth-order valence-corrected chi connectivity index (χ4v) is 2.94. The molecule has 1 amide bonds. The van der Waals surface area contributed by atoms with Crippen molar-refractivity contribution in [2.75, 3.05) is 13.2 Å². The molecule has 1 N–H and O–H groups in total. The molecular weight excluding hydrogens is 320 g/mol. The van der Waals surface area contributed by atoms with Crippen LogP contribution in [0.1, 0.15) is 35.9 Å². The molecule has 0 bridgehead atoms. The van der Waals surface area contributed by atoms with Gasteiger partial charge in [0.05, 0.1) is 18.7 Å². The Morgan fingerprint density at radius 3 is 2.64 bits per heavy atom. The van der Waals surface area contributed by atoms with Crippen LogP contribution in [0.2, 0.25) is 0 Å². The molecule has 2 atom stereocenters. The van der Waals surface area contributed by atoms with Crippen LogP contribution in [0.25, 0.3) is 0 Å². The monoisotopic (exact) mass is 342 g/mol. The molecule has 132 valence electrons. The van der Waals surface area contributed by atoms with Crippen molar-refractivity contribution in [3.8, 4) is 5.75 Å². The molecule has 6 heteroatoms. The van der Waals surface area contributed by atoms with E-state index in [-0.39, 0.29) is 41.5 Å². The molecule has 0 saturated heterocycles. The highest BCUT2D eigenvalue weighted by molar-refractivity contribution is 5.96. The van der Waals surface area contributed by atoms with Gasteiger partial charge in [0.15, 0.2) is 11.4 Å². The number of ether oxygens (including phenoxy) is 2. The van der Waals surface area contributed by atoms with Gasteiger partial charge in [-0.1, -0.05) is 30.3 Å². The summed E-state index contributed by atoms with van der Waals surface area (Å²) in [4.78, 5) is 24.9. The van der Waals surface area contributed by atoms with Gasteiger partial charge in [0.1, 0.15) is 6.61 Å². The Labute approximate surface area is 146 Å². The van der Waals surface area contributed by atoms with Gasteiger partial charge in [0.2, 0.25) is 5.43 Å². The third-order valence-electron chi connectivity index (χ3n) is 4.36. The molecule has 0 fully saturated rings. The molecule has 0 unspecified atom stereocenters. The Kier molecular flexibility index (Phi) is 5.19. The van der Waals surface area contributed by atoms with Crippen LogP contribution >= 0.6 is 0 Å². The minimum absolute atomic E-state index is 0.0427. The van der Waals surface area contributed by atoms with Gasteiger partial charge in [0, 0.05) is 18.9 Å². The summed E-state index contributed by atoms with van der Waals surface area (Å²) in [5.74, 6) is -0.228. The van der Waals surface area contributed by atoms with E-state index in [9.17, 15) is 9.59 Å². The number of hydrogen-bond acceptors (Lipinski definition) is 4. The summed E-state index contributed by atoms with van der Waals surface area (Å²) in [7, 11) is 0. The molecule has 2 aromatic rings. The van der Waals surface area contributed by atoms with E-state index in [0.29, 0.717) is 13.2 Å². The number of amides is 1. The summed E-state index contributed by atoms with van der Waals surface area (Å²) in [5.41, 5.74) is 0.902. The lowest BCUT2D eigenvalue weighted by Crippen LogP contribution is -2.50. The SMILES string of the molecule is CCOC[C@H]1NC(=O)c2c(OCc3ccccc3)c(=O)ccn2[C@@H]1C. The molecule has 6 nitrogen and oxygen atoms in total. The predicted octanol–water partition coefficient (Wildman–Crippen LogP) is 2.14.